The molecule has 1 aliphatic rings. The fraction of sp³-hybridized carbons (Fsp3) is 0.368. The van der Waals surface area contributed by atoms with E-state index in [0.717, 1.165) is 50.1 Å². The molecule has 0 spiro atoms. The molecule has 0 bridgehead atoms. The zero-order valence-electron chi connectivity index (χ0n) is 14.4. The van der Waals surface area contributed by atoms with Gasteiger partial charge in [-0.3, -0.25) is 9.58 Å². The molecule has 0 aromatic carbocycles. The third-order valence-corrected chi connectivity index (χ3v) is 4.55. The second-order valence-electron chi connectivity index (χ2n) is 6.65. The summed E-state index contributed by atoms with van der Waals surface area (Å²) in [6.07, 6.45) is 3.70. The molecule has 6 nitrogen and oxygen atoms in total. The van der Waals surface area contributed by atoms with Crippen LogP contribution in [0.4, 0.5) is 5.82 Å². The average molecular weight is 337 g/mol. The Balaban J connectivity index is 1.47. The normalized spacial score (nSPS) is 17.9. The first-order valence-electron chi connectivity index (χ1n) is 8.69. The maximum Gasteiger partial charge on any atom is 0.125 e. The van der Waals surface area contributed by atoms with Gasteiger partial charge in [0.05, 0.1) is 12.2 Å². The summed E-state index contributed by atoms with van der Waals surface area (Å²) in [5.74, 6) is 3.34. The van der Waals surface area contributed by atoms with Crippen molar-refractivity contribution in [3.05, 3.63) is 66.0 Å². The first-order chi connectivity index (χ1) is 12.3. The Bertz CT molecular complexity index is 810. The van der Waals surface area contributed by atoms with E-state index in [1.807, 2.05) is 43.6 Å². The van der Waals surface area contributed by atoms with Crippen LogP contribution in [-0.2, 0) is 19.6 Å². The Morgan fingerprint density at radius 2 is 2.12 bits per heavy atom. The number of aryl methyl sites for hydroxylation is 1. The molecule has 1 aliphatic heterocycles. The van der Waals surface area contributed by atoms with Crippen LogP contribution in [-0.4, -0.2) is 32.8 Å². The van der Waals surface area contributed by atoms with Gasteiger partial charge in [-0.05, 0) is 37.3 Å². The zero-order chi connectivity index (χ0) is 17.1. The lowest BCUT2D eigenvalue weighted by molar-refractivity contribution is 0.208. The minimum atomic E-state index is 0.444. The quantitative estimate of drug-likeness (QED) is 0.776. The van der Waals surface area contributed by atoms with Crippen molar-refractivity contribution in [2.24, 2.45) is 5.92 Å². The van der Waals surface area contributed by atoms with Crippen molar-refractivity contribution in [1.82, 2.24) is 19.7 Å². The van der Waals surface area contributed by atoms with E-state index in [4.69, 9.17) is 4.42 Å². The molecule has 0 amide bonds. The maximum atomic E-state index is 5.77. The molecule has 3 aromatic rings. The number of nitrogens with zero attached hydrogens (tertiary/aromatic N) is 4. The summed E-state index contributed by atoms with van der Waals surface area (Å²) in [5, 5.41) is 7.94. The number of fused-ring (bicyclic) bond motifs is 1. The van der Waals surface area contributed by atoms with E-state index in [-0.39, 0.29) is 0 Å². The van der Waals surface area contributed by atoms with Crippen LogP contribution < -0.4 is 5.32 Å². The Morgan fingerprint density at radius 1 is 1.16 bits per heavy atom. The predicted octanol–water partition coefficient (Wildman–Crippen LogP) is 2.92. The first kappa shape index (κ1) is 15.9. The third-order valence-electron chi connectivity index (χ3n) is 4.55. The molecule has 4 rings (SSSR count). The molecule has 4 heterocycles. The second-order valence-corrected chi connectivity index (χ2v) is 6.65. The number of hydrogen-bond donors (Lipinski definition) is 1. The minimum Gasteiger partial charge on any atom is -0.465 e. The van der Waals surface area contributed by atoms with Gasteiger partial charge in [0.15, 0.2) is 0 Å². The van der Waals surface area contributed by atoms with E-state index in [0.29, 0.717) is 5.92 Å². The third kappa shape index (κ3) is 3.91. The molecule has 1 unspecified atom stereocenters. The van der Waals surface area contributed by atoms with Crippen LogP contribution >= 0.6 is 0 Å². The lowest BCUT2D eigenvalue weighted by Gasteiger charge is -2.23. The minimum absolute atomic E-state index is 0.444. The summed E-state index contributed by atoms with van der Waals surface area (Å²) in [6.45, 7) is 6.46. The predicted molar refractivity (Wildman–Crippen MR) is 96.0 cm³/mol. The molecule has 0 fully saturated rings. The maximum absolute atomic E-state index is 5.77. The van der Waals surface area contributed by atoms with Gasteiger partial charge in [-0.1, -0.05) is 6.07 Å². The number of furan rings is 1. The van der Waals surface area contributed by atoms with Crippen LogP contribution in [0.15, 0.2) is 53.2 Å². The highest BCUT2D eigenvalue weighted by Crippen LogP contribution is 2.19. The van der Waals surface area contributed by atoms with Crippen molar-refractivity contribution in [3.8, 4) is 0 Å². The van der Waals surface area contributed by atoms with Gasteiger partial charge in [-0.2, -0.15) is 5.10 Å². The number of anilines is 1. The van der Waals surface area contributed by atoms with E-state index >= 15 is 0 Å². The number of pyridine rings is 1. The molecule has 6 heteroatoms. The standard InChI is InChI=1S/C19H23N5O/c1-15-5-6-18(25-15)14-23-11-16(10-21-19-4-2-3-8-20-19)12-24-17(13-23)7-9-22-24/h2-9,16H,10-14H2,1H3,(H,20,21). The van der Waals surface area contributed by atoms with E-state index in [1.165, 1.54) is 5.69 Å². The largest absolute Gasteiger partial charge is 0.465 e. The number of rotatable bonds is 5. The lowest BCUT2D eigenvalue weighted by Crippen LogP contribution is -2.31. The van der Waals surface area contributed by atoms with Crippen LogP contribution in [0, 0.1) is 12.8 Å². The van der Waals surface area contributed by atoms with Gasteiger partial charge in [0.25, 0.3) is 0 Å². The molecular weight excluding hydrogens is 314 g/mol. The van der Waals surface area contributed by atoms with Gasteiger partial charge in [-0.15, -0.1) is 0 Å². The molecule has 1 atom stereocenters. The summed E-state index contributed by atoms with van der Waals surface area (Å²) in [4.78, 5) is 6.78. The molecule has 0 radical (unpaired) electrons. The van der Waals surface area contributed by atoms with Crippen molar-refractivity contribution in [2.75, 3.05) is 18.4 Å². The molecule has 3 aromatic heterocycles. The highest BCUT2D eigenvalue weighted by Gasteiger charge is 2.23. The molecule has 0 saturated carbocycles. The molecular formula is C19H23N5O. The van der Waals surface area contributed by atoms with Gasteiger partial charge in [0, 0.05) is 44.5 Å². The fourth-order valence-electron chi connectivity index (χ4n) is 3.38. The van der Waals surface area contributed by atoms with Gasteiger partial charge >= 0.3 is 0 Å². The van der Waals surface area contributed by atoms with Crippen LogP contribution in [0.25, 0.3) is 0 Å². The second kappa shape index (κ2) is 7.11. The molecule has 130 valence electrons. The lowest BCUT2D eigenvalue weighted by atomic mass is 10.1. The molecule has 0 aliphatic carbocycles. The summed E-state index contributed by atoms with van der Waals surface area (Å²) in [5.41, 5.74) is 1.25. The smallest absolute Gasteiger partial charge is 0.125 e. The van der Waals surface area contributed by atoms with Crippen molar-refractivity contribution in [1.29, 1.82) is 0 Å². The number of aromatic nitrogens is 3. The van der Waals surface area contributed by atoms with Crippen LogP contribution in [0.1, 0.15) is 17.2 Å². The Hall–Kier alpha value is -2.60. The van der Waals surface area contributed by atoms with Gasteiger partial charge in [0.1, 0.15) is 17.3 Å². The summed E-state index contributed by atoms with van der Waals surface area (Å²) in [6, 6.07) is 12.1. The summed E-state index contributed by atoms with van der Waals surface area (Å²) < 4.78 is 7.89. The van der Waals surface area contributed by atoms with Gasteiger partial charge in [-0.25, -0.2) is 4.98 Å². The Morgan fingerprint density at radius 3 is 2.92 bits per heavy atom. The summed E-state index contributed by atoms with van der Waals surface area (Å²) >= 11 is 0. The van der Waals surface area contributed by atoms with Gasteiger partial charge < -0.3 is 9.73 Å². The first-order valence-corrected chi connectivity index (χ1v) is 8.69. The van der Waals surface area contributed by atoms with Gasteiger partial charge in [0.2, 0.25) is 0 Å². The average Bonchev–Trinajstić information content (AvgIpc) is 3.19. The SMILES string of the molecule is Cc1ccc(CN2Cc3ccnn3CC(CNc3ccccn3)C2)o1. The van der Waals surface area contributed by atoms with Crippen molar-refractivity contribution >= 4 is 5.82 Å². The molecule has 1 N–H and O–H groups in total. The van der Waals surface area contributed by atoms with E-state index in [1.54, 1.807) is 0 Å². The number of hydrogen-bond acceptors (Lipinski definition) is 5. The van der Waals surface area contributed by atoms with Crippen LogP contribution in [0.5, 0.6) is 0 Å². The molecule has 0 saturated heterocycles. The molecule has 25 heavy (non-hydrogen) atoms. The highest BCUT2D eigenvalue weighted by atomic mass is 16.3. The monoisotopic (exact) mass is 337 g/mol. The Labute approximate surface area is 147 Å². The van der Waals surface area contributed by atoms with E-state index in [2.05, 4.69) is 37.1 Å². The van der Waals surface area contributed by atoms with Crippen molar-refractivity contribution in [2.45, 2.75) is 26.6 Å². The highest BCUT2D eigenvalue weighted by molar-refractivity contribution is 5.33. The number of nitrogens with one attached hydrogen (secondary N) is 1. The van der Waals surface area contributed by atoms with E-state index in [9.17, 15) is 0 Å². The summed E-state index contributed by atoms with van der Waals surface area (Å²) in [7, 11) is 0. The van der Waals surface area contributed by atoms with Crippen molar-refractivity contribution in [3.63, 3.8) is 0 Å². The van der Waals surface area contributed by atoms with Crippen LogP contribution in [0.2, 0.25) is 0 Å². The van der Waals surface area contributed by atoms with Crippen molar-refractivity contribution < 1.29 is 4.42 Å². The topological polar surface area (TPSA) is 59.1 Å². The van der Waals surface area contributed by atoms with Crippen LogP contribution in [0.3, 0.4) is 0 Å². The zero-order valence-corrected chi connectivity index (χ0v) is 14.4. The fourth-order valence-corrected chi connectivity index (χ4v) is 3.38. The Kier molecular flexibility index (Phi) is 4.52. The van der Waals surface area contributed by atoms with E-state index < -0.39 is 0 Å².